The van der Waals surface area contributed by atoms with E-state index >= 15 is 0 Å². The van der Waals surface area contributed by atoms with Gasteiger partial charge in [-0.1, -0.05) is 59.1 Å². The second-order valence-corrected chi connectivity index (χ2v) is 12.0. The lowest BCUT2D eigenvalue weighted by molar-refractivity contribution is -0.139. The zero-order valence-corrected chi connectivity index (χ0v) is 24.6. The van der Waals surface area contributed by atoms with E-state index in [0.29, 0.717) is 17.8 Å². The van der Waals surface area contributed by atoms with Gasteiger partial charge in [0.1, 0.15) is 18.4 Å². The van der Waals surface area contributed by atoms with Crippen LogP contribution in [0.4, 0.5) is 10.1 Å². The smallest absolute Gasteiger partial charge is 0.264 e. The number of carbonyl (C=O) groups excluding carboxylic acids is 2. The second kappa shape index (κ2) is 13.7. The molecule has 0 aliphatic rings. The third kappa shape index (κ3) is 8.12. The fraction of sp³-hybridized carbons (Fsp3) is 0.310. The summed E-state index contributed by atoms with van der Waals surface area (Å²) < 4.78 is 42.9. The van der Waals surface area contributed by atoms with Crippen molar-refractivity contribution in [2.75, 3.05) is 17.4 Å². The Balaban J connectivity index is 1.98. The van der Waals surface area contributed by atoms with Crippen LogP contribution in [0.1, 0.15) is 37.8 Å². The Kier molecular flexibility index (Phi) is 10.7. The fourth-order valence-corrected chi connectivity index (χ4v) is 5.56. The van der Waals surface area contributed by atoms with Crippen LogP contribution in [-0.2, 0) is 26.2 Å². The summed E-state index contributed by atoms with van der Waals surface area (Å²) in [6.45, 7) is 5.38. The minimum Gasteiger partial charge on any atom is -0.354 e. The van der Waals surface area contributed by atoms with Crippen molar-refractivity contribution in [2.45, 2.75) is 51.1 Å². The number of hydrogen-bond acceptors (Lipinski definition) is 4. The lowest BCUT2D eigenvalue weighted by Crippen LogP contribution is -2.51. The number of aryl methyl sites for hydroxylation is 1. The highest BCUT2D eigenvalue weighted by Gasteiger charge is 2.32. The summed E-state index contributed by atoms with van der Waals surface area (Å²) in [5.41, 5.74) is 1.80. The number of nitrogens with zero attached hydrogens (tertiary/aromatic N) is 2. The van der Waals surface area contributed by atoms with Crippen molar-refractivity contribution in [3.63, 3.8) is 0 Å². The molecule has 3 aromatic rings. The molecular formula is C29H33BrFN3O4S. The fourth-order valence-electron chi connectivity index (χ4n) is 3.88. The van der Waals surface area contributed by atoms with Crippen molar-refractivity contribution in [3.05, 3.63) is 94.2 Å². The minimum absolute atomic E-state index is 0.000233. The Labute approximate surface area is 238 Å². The first-order chi connectivity index (χ1) is 18.5. The van der Waals surface area contributed by atoms with Gasteiger partial charge in [-0.2, -0.15) is 0 Å². The van der Waals surface area contributed by atoms with E-state index in [1.165, 1.54) is 41.3 Å². The highest BCUT2D eigenvalue weighted by molar-refractivity contribution is 9.10. The molecule has 10 heteroatoms. The zero-order chi connectivity index (χ0) is 28.6. The van der Waals surface area contributed by atoms with Crippen molar-refractivity contribution in [3.8, 4) is 0 Å². The summed E-state index contributed by atoms with van der Waals surface area (Å²) in [5, 5.41) is 2.84. The molecule has 3 rings (SSSR count). The summed E-state index contributed by atoms with van der Waals surface area (Å²) in [4.78, 5) is 28.1. The molecule has 0 unspecified atom stereocenters. The quantitative estimate of drug-likeness (QED) is 0.275. The molecule has 208 valence electrons. The van der Waals surface area contributed by atoms with Gasteiger partial charge in [-0.3, -0.25) is 13.9 Å². The number of benzene rings is 3. The number of amides is 2. The van der Waals surface area contributed by atoms with Crippen molar-refractivity contribution < 1.29 is 22.4 Å². The first kappa shape index (κ1) is 30.3. The average molecular weight is 619 g/mol. The zero-order valence-electron chi connectivity index (χ0n) is 22.2. The highest BCUT2D eigenvalue weighted by Crippen LogP contribution is 2.26. The molecule has 0 radical (unpaired) electrons. The monoisotopic (exact) mass is 617 g/mol. The molecule has 0 saturated carbocycles. The van der Waals surface area contributed by atoms with E-state index in [-0.39, 0.29) is 17.3 Å². The van der Waals surface area contributed by atoms with Crippen LogP contribution in [0.3, 0.4) is 0 Å². The van der Waals surface area contributed by atoms with E-state index < -0.39 is 34.3 Å². The van der Waals surface area contributed by atoms with Crippen LogP contribution in [0, 0.1) is 12.7 Å². The number of halogens is 2. The van der Waals surface area contributed by atoms with Crippen LogP contribution in [0.2, 0.25) is 0 Å². The lowest BCUT2D eigenvalue weighted by atomic mass is 10.1. The van der Waals surface area contributed by atoms with E-state index in [4.69, 9.17) is 0 Å². The summed E-state index contributed by atoms with van der Waals surface area (Å²) in [6.07, 6.45) is 1.68. The lowest BCUT2D eigenvalue weighted by Gasteiger charge is -2.32. The van der Waals surface area contributed by atoms with Crippen molar-refractivity contribution in [2.24, 2.45) is 0 Å². The first-order valence-electron chi connectivity index (χ1n) is 12.7. The van der Waals surface area contributed by atoms with Gasteiger partial charge in [0.05, 0.1) is 10.6 Å². The largest absolute Gasteiger partial charge is 0.354 e. The summed E-state index contributed by atoms with van der Waals surface area (Å²) in [5.74, 6) is -1.35. The van der Waals surface area contributed by atoms with Crippen LogP contribution in [0.5, 0.6) is 0 Å². The maximum atomic E-state index is 13.8. The molecule has 1 N–H and O–H groups in total. The van der Waals surface area contributed by atoms with Crippen LogP contribution in [-0.4, -0.2) is 44.3 Å². The summed E-state index contributed by atoms with van der Waals surface area (Å²) in [6, 6.07) is 17.7. The molecule has 39 heavy (non-hydrogen) atoms. The molecule has 0 saturated heterocycles. The molecule has 1 atom stereocenters. The molecule has 0 aromatic heterocycles. The van der Waals surface area contributed by atoms with Gasteiger partial charge in [0.25, 0.3) is 10.0 Å². The van der Waals surface area contributed by atoms with Crippen LogP contribution < -0.4 is 9.62 Å². The van der Waals surface area contributed by atoms with Crippen molar-refractivity contribution >= 4 is 43.5 Å². The number of unbranched alkanes of at least 4 members (excludes halogenated alkanes) is 1. The summed E-state index contributed by atoms with van der Waals surface area (Å²) in [7, 11) is -4.13. The van der Waals surface area contributed by atoms with Gasteiger partial charge in [-0.25, -0.2) is 12.8 Å². The van der Waals surface area contributed by atoms with Gasteiger partial charge in [0, 0.05) is 17.6 Å². The molecular weight excluding hydrogens is 585 g/mol. The average Bonchev–Trinajstić information content (AvgIpc) is 2.91. The van der Waals surface area contributed by atoms with Gasteiger partial charge >= 0.3 is 0 Å². The van der Waals surface area contributed by atoms with E-state index in [1.807, 2.05) is 13.8 Å². The van der Waals surface area contributed by atoms with E-state index in [1.54, 1.807) is 43.3 Å². The van der Waals surface area contributed by atoms with E-state index in [0.717, 1.165) is 27.2 Å². The van der Waals surface area contributed by atoms with Crippen molar-refractivity contribution in [1.29, 1.82) is 0 Å². The maximum Gasteiger partial charge on any atom is 0.264 e. The number of rotatable bonds is 12. The Morgan fingerprint density at radius 3 is 2.18 bits per heavy atom. The van der Waals surface area contributed by atoms with E-state index in [2.05, 4.69) is 21.2 Å². The number of nitrogens with one attached hydrogen (secondary N) is 1. The topological polar surface area (TPSA) is 86.8 Å². The molecule has 0 bridgehead atoms. The molecule has 7 nitrogen and oxygen atoms in total. The second-order valence-electron chi connectivity index (χ2n) is 9.27. The van der Waals surface area contributed by atoms with Gasteiger partial charge in [-0.15, -0.1) is 0 Å². The minimum atomic E-state index is -4.13. The Morgan fingerprint density at radius 1 is 0.974 bits per heavy atom. The third-order valence-corrected chi connectivity index (χ3v) is 8.58. The van der Waals surface area contributed by atoms with Gasteiger partial charge in [0.15, 0.2) is 0 Å². The Bertz CT molecular complexity index is 1370. The molecule has 3 aromatic carbocycles. The number of carbonyl (C=O) groups is 2. The Hall–Kier alpha value is -3.24. The highest BCUT2D eigenvalue weighted by atomic mass is 79.9. The molecule has 0 fully saturated rings. The molecule has 0 aliphatic heterocycles. The molecule has 0 heterocycles. The van der Waals surface area contributed by atoms with Crippen LogP contribution in [0.25, 0.3) is 0 Å². The van der Waals surface area contributed by atoms with Crippen molar-refractivity contribution in [1.82, 2.24) is 10.2 Å². The van der Waals surface area contributed by atoms with Crippen LogP contribution >= 0.6 is 15.9 Å². The summed E-state index contributed by atoms with van der Waals surface area (Å²) >= 11 is 3.36. The maximum absolute atomic E-state index is 13.8. The first-order valence-corrected chi connectivity index (χ1v) is 14.9. The molecule has 0 spiro atoms. The van der Waals surface area contributed by atoms with Gasteiger partial charge < -0.3 is 10.2 Å². The normalized spacial score (nSPS) is 12.0. The third-order valence-electron chi connectivity index (χ3n) is 6.27. The number of anilines is 1. The SMILES string of the molecule is CCCCNC(=O)[C@H](C)N(Cc1ccc(F)cc1)C(=O)CN(c1ccc(Br)cc1)S(=O)(=O)c1ccc(C)cc1. The Morgan fingerprint density at radius 2 is 1.59 bits per heavy atom. The number of sulfonamides is 1. The molecule has 2 amide bonds. The van der Waals surface area contributed by atoms with Crippen LogP contribution in [0.15, 0.2) is 82.2 Å². The van der Waals surface area contributed by atoms with E-state index in [9.17, 15) is 22.4 Å². The predicted octanol–water partition coefficient (Wildman–Crippen LogP) is 5.43. The number of hydrogen-bond donors (Lipinski definition) is 1. The predicted molar refractivity (Wildman–Crippen MR) is 154 cm³/mol. The van der Waals surface area contributed by atoms with Gasteiger partial charge in [0.2, 0.25) is 11.8 Å². The van der Waals surface area contributed by atoms with Gasteiger partial charge in [-0.05, 0) is 74.4 Å². The molecule has 0 aliphatic carbocycles. The standard InChI is InChI=1S/C29H33BrFN3O4S/c1-4-5-18-32-29(36)22(3)33(19-23-8-12-25(31)13-9-23)28(35)20-34(26-14-10-24(30)11-15-26)39(37,38)27-16-6-21(2)7-17-27/h6-17,22H,4-5,18-20H2,1-3H3,(H,32,36)/t22-/m0/s1.